The normalized spacial score (nSPS) is 12.7. The highest BCUT2D eigenvalue weighted by atomic mass is 32.2. The summed E-state index contributed by atoms with van der Waals surface area (Å²) in [6.45, 7) is 1.37. The fraction of sp³-hybridized carbons (Fsp3) is 0.333. The van der Waals surface area contributed by atoms with E-state index in [1.54, 1.807) is 0 Å². The number of benzene rings is 1. The maximum Gasteiger partial charge on any atom is 0.453 e. The molecule has 2 rings (SSSR count). The molecular formula is C12H9F7N4S. The molecule has 0 aliphatic heterocycles. The molecule has 2 N–H and O–H groups in total. The number of rotatable bonds is 3. The lowest BCUT2D eigenvalue weighted by atomic mass is 10.2. The summed E-state index contributed by atoms with van der Waals surface area (Å²) in [5.74, 6) is -4.55. The average Bonchev–Trinajstić information content (AvgIpc) is 2.79. The van der Waals surface area contributed by atoms with Crippen molar-refractivity contribution in [2.24, 2.45) is 0 Å². The standard InChI is InChI=1S/C12H9F7N4S/c1-5-2-6(13)7(3-8(5)24-4-11(14,15)16)23-10(20)21-9(22-23)12(17,18)19/h2-3H,4H2,1H3,(H2,20,21,22). The molecule has 132 valence electrons. The average molecular weight is 374 g/mol. The van der Waals surface area contributed by atoms with Crippen molar-refractivity contribution in [1.82, 2.24) is 14.8 Å². The van der Waals surface area contributed by atoms with E-state index in [4.69, 9.17) is 5.73 Å². The van der Waals surface area contributed by atoms with Gasteiger partial charge in [-0.2, -0.15) is 36.0 Å². The molecule has 0 saturated heterocycles. The Morgan fingerprint density at radius 1 is 1.17 bits per heavy atom. The molecule has 1 aromatic heterocycles. The van der Waals surface area contributed by atoms with Gasteiger partial charge in [0.05, 0.1) is 5.75 Å². The van der Waals surface area contributed by atoms with Crippen LogP contribution < -0.4 is 5.73 Å². The molecule has 0 bridgehead atoms. The number of nitrogen functional groups attached to an aromatic ring is 1. The Bertz CT molecular complexity index is 751. The second-order valence-corrected chi connectivity index (χ2v) is 5.69. The van der Waals surface area contributed by atoms with Crippen molar-refractivity contribution in [3.63, 3.8) is 0 Å². The fourth-order valence-electron chi connectivity index (χ4n) is 1.74. The lowest BCUT2D eigenvalue weighted by Gasteiger charge is -2.12. The first-order valence-electron chi connectivity index (χ1n) is 6.18. The number of nitrogens with zero attached hydrogens (tertiary/aromatic N) is 3. The zero-order chi connectivity index (χ0) is 18.3. The van der Waals surface area contributed by atoms with Crippen LogP contribution in [0.3, 0.4) is 0 Å². The number of hydrogen-bond acceptors (Lipinski definition) is 4. The molecule has 0 radical (unpaired) electrons. The van der Waals surface area contributed by atoms with Crippen LogP contribution in [0, 0.1) is 12.7 Å². The third-order valence-corrected chi connectivity index (χ3v) is 3.97. The minimum Gasteiger partial charge on any atom is -0.368 e. The van der Waals surface area contributed by atoms with Gasteiger partial charge in [0.15, 0.2) is 0 Å². The molecule has 2 aromatic rings. The van der Waals surface area contributed by atoms with Crippen molar-refractivity contribution in [2.75, 3.05) is 11.5 Å². The van der Waals surface area contributed by atoms with Crippen molar-refractivity contribution in [2.45, 2.75) is 24.2 Å². The first-order valence-corrected chi connectivity index (χ1v) is 7.17. The van der Waals surface area contributed by atoms with Crippen LogP contribution in [0.15, 0.2) is 17.0 Å². The molecule has 0 spiro atoms. The molecule has 24 heavy (non-hydrogen) atoms. The Balaban J connectivity index is 2.46. The van der Waals surface area contributed by atoms with Crippen LogP contribution in [0.4, 0.5) is 36.7 Å². The number of alkyl halides is 6. The number of aryl methyl sites for hydroxylation is 1. The van der Waals surface area contributed by atoms with Gasteiger partial charge in [0.1, 0.15) is 11.5 Å². The predicted octanol–water partition coefficient (Wildman–Crippen LogP) is 3.97. The molecule has 0 fully saturated rings. The molecular weight excluding hydrogens is 365 g/mol. The minimum atomic E-state index is -4.89. The third kappa shape index (κ3) is 4.10. The van der Waals surface area contributed by atoms with E-state index < -0.39 is 41.4 Å². The van der Waals surface area contributed by atoms with Crippen molar-refractivity contribution in [3.05, 3.63) is 29.3 Å². The van der Waals surface area contributed by atoms with Gasteiger partial charge in [-0.05, 0) is 24.6 Å². The van der Waals surface area contributed by atoms with E-state index in [0.717, 1.165) is 12.1 Å². The molecule has 0 saturated carbocycles. The number of anilines is 1. The van der Waals surface area contributed by atoms with Gasteiger partial charge < -0.3 is 5.73 Å². The van der Waals surface area contributed by atoms with Crippen LogP contribution in [-0.2, 0) is 6.18 Å². The van der Waals surface area contributed by atoms with Gasteiger partial charge in [-0.1, -0.05) is 0 Å². The van der Waals surface area contributed by atoms with Crippen LogP contribution in [-0.4, -0.2) is 26.7 Å². The molecule has 0 aliphatic carbocycles. The summed E-state index contributed by atoms with van der Waals surface area (Å²) in [5, 5.41) is 3.08. The third-order valence-electron chi connectivity index (χ3n) is 2.75. The largest absolute Gasteiger partial charge is 0.453 e. The van der Waals surface area contributed by atoms with Crippen molar-refractivity contribution in [3.8, 4) is 5.69 Å². The van der Waals surface area contributed by atoms with Gasteiger partial charge >= 0.3 is 12.4 Å². The van der Waals surface area contributed by atoms with E-state index in [1.165, 1.54) is 6.92 Å². The summed E-state index contributed by atoms with van der Waals surface area (Å²) in [7, 11) is 0. The predicted molar refractivity (Wildman–Crippen MR) is 72.2 cm³/mol. The first kappa shape index (κ1) is 18.4. The Morgan fingerprint density at radius 2 is 1.79 bits per heavy atom. The molecule has 1 heterocycles. The summed E-state index contributed by atoms with van der Waals surface area (Å²) >= 11 is 0.374. The van der Waals surface area contributed by atoms with Gasteiger partial charge in [-0.15, -0.1) is 16.9 Å². The van der Waals surface area contributed by atoms with Crippen LogP contribution in [0.5, 0.6) is 0 Å². The number of halogens is 7. The van der Waals surface area contributed by atoms with Gasteiger partial charge in [0.2, 0.25) is 5.95 Å². The minimum absolute atomic E-state index is 0.0344. The molecule has 0 amide bonds. The summed E-state index contributed by atoms with van der Waals surface area (Å²) in [5.41, 5.74) is 4.98. The highest BCUT2D eigenvalue weighted by Gasteiger charge is 2.37. The molecule has 12 heteroatoms. The van der Waals surface area contributed by atoms with Crippen molar-refractivity contribution < 1.29 is 30.7 Å². The Hall–Kier alpha value is -1.98. The van der Waals surface area contributed by atoms with Crippen LogP contribution in [0.2, 0.25) is 0 Å². The first-order chi connectivity index (χ1) is 10.9. The summed E-state index contributed by atoms with van der Waals surface area (Å²) in [6.07, 6.45) is -9.35. The summed E-state index contributed by atoms with van der Waals surface area (Å²) < 4.78 is 89.1. The summed E-state index contributed by atoms with van der Waals surface area (Å²) in [4.78, 5) is 3.02. The number of aromatic nitrogens is 3. The second kappa shape index (κ2) is 6.15. The number of hydrogen-bond donors (Lipinski definition) is 1. The van der Waals surface area contributed by atoms with E-state index in [-0.39, 0.29) is 10.5 Å². The highest BCUT2D eigenvalue weighted by Crippen LogP contribution is 2.33. The van der Waals surface area contributed by atoms with Gasteiger partial charge in [0.25, 0.3) is 5.82 Å². The zero-order valence-corrected chi connectivity index (χ0v) is 12.7. The van der Waals surface area contributed by atoms with Crippen molar-refractivity contribution >= 4 is 17.7 Å². The second-order valence-electron chi connectivity index (χ2n) is 4.68. The van der Waals surface area contributed by atoms with Crippen LogP contribution in [0.1, 0.15) is 11.4 Å². The van der Waals surface area contributed by atoms with Gasteiger partial charge in [0, 0.05) is 4.90 Å². The van der Waals surface area contributed by atoms with Crippen LogP contribution >= 0.6 is 11.8 Å². The fourth-order valence-corrected chi connectivity index (χ4v) is 2.54. The molecule has 4 nitrogen and oxygen atoms in total. The smallest absolute Gasteiger partial charge is 0.368 e. The van der Waals surface area contributed by atoms with E-state index in [1.807, 2.05) is 0 Å². The molecule has 1 aromatic carbocycles. The topological polar surface area (TPSA) is 56.7 Å². The highest BCUT2D eigenvalue weighted by molar-refractivity contribution is 7.99. The van der Waals surface area contributed by atoms with E-state index in [2.05, 4.69) is 10.1 Å². The molecule has 0 unspecified atom stereocenters. The van der Waals surface area contributed by atoms with E-state index >= 15 is 0 Å². The Morgan fingerprint density at radius 3 is 2.29 bits per heavy atom. The lowest BCUT2D eigenvalue weighted by molar-refractivity contribution is -0.144. The molecule has 0 aliphatic rings. The van der Waals surface area contributed by atoms with Crippen molar-refractivity contribution in [1.29, 1.82) is 0 Å². The number of thioether (sulfide) groups is 1. The van der Waals surface area contributed by atoms with E-state index in [0.29, 0.717) is 16.4 Å². The quantitative estimate of drug-likeness (QED) is 0.653. The maximum atomic E-state index is 14.0. The monoisotopic (exact) mass is 374 g/mol. The summed E-state index contributed by atoms with van der Waals surface area (Å²) in [6, 6.07) is 1.84. The Labute approximate surface area is 134 Å². The maximum absolute atomic E-state index is 14.0. The van der Waals surface area contributed by atoms with Gasteiger partial charge in [-0.3, -0.25) is 0 Å². The Kier molecular flexibility index (Phi) is 4.70. The van der Waals surface area contributed by atoms with Gasteiger partial charge in [-0.25, -0.2) is 4.39 Å². The zero-order valence-electron chi connectivity index (χ0n) is 11.8. The molecule has 0 atom stereocenters. The number of nitrogens with two attached hydrogens (primary N) is 1. The lowest BCUT2D eigenvalue weighted by Crippen LogP contribution is -2.11. The van der Waals surface area contributed by atoms with Crippen LogP contribution in [0.25, 0.3) is 5.69 Å². The van der Waals surface area contributed by atoms with E-state index in [9.17, 15) is 30.7 Å². The SMILES string of the molecule is Cc1cc(F)c(-n2nc(C(F)(F)F)nc2N)cc1SCC(F)(F)F.